The van der Waals surface area contributed by atoms with Crippen molar-refractivity contribution in [2.75, 3.05) is 27.4 Å². The molecular formula is C16H21NO4. The number of hydrogen-bond acceptors (Lipinski definition) is 5. The highest BCUT2D eigenvalue weighted by molar-refractivity contribution is 5.90. The highest BCUT2D eigenvalue weighted by Gasteiger charge is 2.34. The lowest BCUT2D eigenvalue weighted by Gasteiger charge is -2.36. The van der Waals surface area contributed by atoms with Gasteiger partial charge in [0.2, 0.25) is 0 Å². The minimum atomic E-state index is -0.493. The maximum Gasteiger partial charge on any atom is 0.338 e. The van der Waals surface area contributed by atoms with Crippen molar-refractivity contribution in [1.82, 2.24) is 4.90 Å². The van der Waals surface area contributed by atoms with Gasteiger partial charge in [0.15, 0.2) is 0 Å². The Morgan fingerprint density at radius 1 is 1.33 bits per heavy atom. The van der Waals surface area contributed by atoms with Crippen molar-refractivity contribution in [2.45, 2.75) is 19.0 Å². The number of esters is 1. The summed E-state index contributed by atoms with van der Waals surface area (Å²) in [6.07, 6.45) is 0.442. The van der Waals surface area contributed by atoms with Crippen LogP contribution in [0.25, 0.3) is 0 Å². The second-order valence-corrected chi connectivity index (χ2v) is 5.03. The fraction of sp³-hybridized carbons (Fsp3) is 0.438. The highest BCUT2D eigenvalue weighted by Crippen LogP contribution is 2.25. The highest BCUT2D eigenvalue weighted by atomic mass is 16.5. The van der Waals surface area contributed by atoms with Gasteiger partial charge in [0.1, 0.15) is 5.76 Å². The minimum Gasteiger partial charge on any atom is -0.512 e. The van der Waals surface area contributed by atoms with E-state index >= 15 is 0 Å². The lowest BCUT2D eigenvalue weighted by Crippen LogP contribution is -2.45. The van der Waals surface area contributed by atoms with Gasteiger partial charge in [0.25, 0.3) is 0 Å². The van der Waals surface area contributed by atoms with Crippen molar-refractivity contribution in [3.63, 3.8) is 0 Å². The summed E-state index contributed by atoms with van der Waals surface area (Å²) in [4.78, 5) is 14.1. The van der Waals surface area contributed by atoms with Crippen molar-refractivity contribution in [3.05, 3.63) is 47.2 Å². The van der Waals surface area contributed by atoms with Crippen molar-refractivity contribution < 1.29 is 19.4 Å². The monoisotopic (exact) mass is 291 g/mol. The first-order valence-corrected chi connectivity index (χ1v) is 6.94. The minimum absolute atomic E-state index is 0.105. The van der Waals surface area contributed by atoms with Crippen LogP contribution in [0.5, 0.6) is 0 Å². The largest absolute Gasteiger partial charge is 0.512 e. The maximum atomic E-state index is 11.9. The standard InChI is InChI=1S/C16H21NO4/c1-20-11-13-15(16(19)21-2)14(18)8-9-17(13)10-12-6-4-3-5-7-12/h3-7,13,18H,8-11H2,1-2H3/t13-/m1/s1. The number of methoxy groups -OCH3 is 2. The quantitative estimate of drug-likeness (QED) is 0.840. The van der Waals surface area contributed by atoms with Gasteiger partial charge in [-0.2, -0.15) is 0 Å². The summed E-state index contributed by atoms with van der Waals surface area (Å²) >= 11 is 0. The van der Waals surface area contributed by atoms with Crippen LogP contribution in [0.3, 0.4) is 0 Å². The van der Waals surface area contributed by atoms with Crippen LogP contribution in [0.1, 0.15) is 12.0 Å². The van der Waals surface area contributed by atoms with Gasteiger partial charge in [-0.15, -0.1) is 0 Å². The van der Waals surface area contributed by atoms with Gasteiger partial charge in [-0.25, -0.2) is 4.79 Å². The van der Waals surface area contributed by atoms with Crippen LogP contribution >= 0.6 is 0 Å². The van der Waals surface area contributed by atoms with E-state index in [1.165, 1.54) is 7.11 Å². The van der Waals surface area contributed by atoms with Gasteiger partial charge in [-0.3, -0.25) is 4.90 Å². The van der Waals surface area contributed by atoms with Crippen LogP contribution in [0.15, 0.2) is 41.7 Å². The van der Waals surface area contributed by atoms with Crippen LogP contribution in [0.2, 0.25) is 0 Å². The van der Waals surface area contributed by atoms with Gasteiger partial charge in [0.05, 0.1) is 25.3 Å². The molecule has 0 unspecified atom stereocenters. The maximum absolute atomic E-state index is 11.9. The van der Waals surface area contributed by atoms with E-state index in [1.807, 2.05) is 30.3 Å². The predicted molar refractivity (Wildman–Crippen MR) is 78.8 cm³/mol. The van der Waals surface area contributed by atoms with E-state index in [0.29, 0.717) is 31.7 Å². The molecule has 1 atom stereocenters. The number of benzene rings is 1. The molecule has 21 heavy (non-hydrogen) atoms. The molecule has 0 aromatic heterocycles. The Morgan fingerprint density at radius 3 is 2.67 bits per heavy atom. The second-order valence-electron chi connectivity index (χ2n) is 5.03. The molecule has 0 bridgehead atoms. The first kappa shape index (κ1) is 15.5. The number of carbonyl (C=O) groups excluding carboxylic acids is 1. The molecule has 2 rings (SSSR count). The Morgan fingerprint density at radius 2 is 2.05 bits per heavy atom. The summed E-state index contributed by atoms with van der Waals surface area (Å²) in [5.41, 5.74) is 1.46. The van der Waals surface area contributed by atoms with E-state index in [0.717, 1.165) is 5.56 Å². The summed E-state index contributed by atoms with van der Waals surface area (Å²) in [7, 11) is 2.91. The number of hydrogen-bond donors (Lipinski definition) is 1. The molecule has 5 heteroatoms. The molecule has 1 aliphatic heterocycles. The van der Waals surface area contributed by atoms with Crippen LogP contribution < -0.4 is 0 Å². The summed E-state index contributed by atoms with van der Waals surface area (Å²) in [5.74, 6) is -0.388. The molecule has 1 aromatic carbocycles. The van der Waals surface area contributed by atoms with E-state index in [-0.39, 0.29) is 11.8 Å². The zero-order chi connectivity index (χ0) is 15.2. The average molecular weight is 291 g/mol. The summed E-state index contributed by atoms with van der Waals surface area (Å²) in [6, 6.07) is 9.73. The Hall–Kier alpha value is -1.85. The van der Waals surface area contributed by atoms with Gasteiger partial charge in [0, 0.05) is 26.6 Å². The third kappa shape index (κ3) is 3.62. The fourth-order valence-electron chi connectivity index (χ4n) is 2.63. The number of carbonyl (C=O) groups is 1. The van der Waals surface area contributed by atoms with Gasteiger partial charge in [-0.05, 0) is 5.56 Å². The molecule has 1 N–H and O–H groups in total. The molecule has 1 aromatic rings. The second kappa shape index (κ2) is 7.24. The Bertz CT molecular complexity index is 512. The molecule has 1 aliphatic rings. The first-order valence-electron chi connectivity index (χ1n) is 6.94. The summed E-state index contributed by atoms with van der Waals surface area (Å²) < 4.78 is 10.0. The first-order chi connectivity index (χ1) is 10.2. The fourth-order valence-corrected chi connectivity index (χ4v) is 2.63. The molecule has 0 amide bonds. The van der Waals surface area contributed by atoms with E-state index in [4.69, 9.17) is 9.47 Å². The van der Waals surface area contributed by atoms with Crippen molar-refractivity contribution in [1.29, 1.82) is 0 Å². The Kier molecular flexibility index (Phi) is 5.36. The molecule has 1 heterocycles. The van der Waals surface area contributed by atoms with Gasteiger partial charge >= 0.3 is 5.97 Å². The molecule has 114 valence electrons. The Labute approximate surface area is 124 Å². The molecule has 0 fully saturated rings. The third-order valence-corrected chi connectivity index (χ3v) is 3.68. The molecule has 5 nitrogen and oxygen atoms in total. The predicted octanol–water partition coefficient (Wildman–Crippen LogP) is 1.89. The van der Waals surface area contributed by atoms with Crippen molar-refractivity contribution in [3.8, 4) is 0 Å². The number of aliphatic hydroxyl groups excluding tert-OH is 1. The normalized spacial score (nSPS) is 19.6. The SMILES string of the molecule is COC[C@@H]1C(C(=O)OC)=C(O)CCN1Cc1ccccc1. The zero-order valence-corrected chi connectivity index (χ0v) is 12.4. The van der Waals surface area contributed by atoms with E-state index in [1.54, 1.807) is 7.11 Å². The number of rotatable bonds is 5. The lowest BCUT2D eigenvalue weighted by atomic mass is 9.97. The van der Waals surface area contributed by atoms with Gasteiger partial charge in [-0.1, -0.05) is 30.3 Å². The van der Waals surface area contributed by atoms with E-state index < -0.39 is 5.97 Å². The van der Waals surface area contributed by atoms with Crippen LogP contribution in [0, 0.1) is 0 Å². The van der Waals surface area contributed by atoms with E-state index in [9.17, 15) is 9.90 Å². The van der Waals surface area contributed by atoms with Crippen LogP contribution in [0.4, 0.5) is 0 Å². The van der Waals surface area contributed by atoms with Crippen molar-refractivity contribution >= 4 is 5.97 Å². The number of ether oxygens (including phenoxy) is 2. The van der Waals surface area contributed by atoms with Gasteiger partial charge < -0.3 is 14.6 Å². The number of nitrogens with zero attached hydrogens (tertiary/aromatic N) is 1. The summed E-state index contributed by atoms with van der Waals surface area (Å²) in [6.45, 7) is 1.71. The molecule has 0 saturated heterocycles. The van der Waals surface area contributed by atoms with Crippen molar-refractivity contribution in [2.24, 2.45) is 0 Å². The molecular weight excluding hydrogens is 270 g/mol. The molecule has 0 aliphatic carbocycles. The van der Waals surface area contributed by atoms with Crippen LogP contribution in [-0.4, -0.2) is 49.4 Å². The smallest absolute Gasteiger partial charge is 0.338 e. The molecule has 0 saturated carbocycles. The number of aliphatic hydroxyl groups is 1. The van der Waals surface area contributed by atoms with E-state index in [2.05, 4.69) is 4.90 Å². The zero-order valence-electron chi connectivity index (χ0n) is 12.4. The Balaban J connectivity index is 2.24. The van der Waals surface area contributed by atoms with Crippen LogP contribution in [-0.2, 0) is 20.8 Å². The topological polar surface area (TPSA) is 59.0 Å². The lowest BCUT2D eigenvalue weighted by molar-refractivity contribution is -0.137. The third-order valence-electron chi connectivity index (χ3n) is 3.68. The molecule has 0 radical (unpaired) electrons. The average Bonchev–Trinajstić information content (AvgIpc) is 2.51. The summed E-state index contributed by atoms with van der Waals surface area (Å²) in [5, 5.41) is 10.0. The molecule has 0 spiro atoms.